The number of aliphatic hydroxyl groups excluding tert-OH is 1. The van der Waals surface area contributed by atoms with Crippen LogP contribution >= 0.6 is 0 Å². The summed E-state index contributed by atoms with van der Waals surface area (Å²) in [6.07, 6.45) is 5.54. The molecule has 0 fully saturated rings. The Kier molecular flexibility index (Phi) is 6.39. The Bertz CT molecular complexity index is 332. The Labute approximate surface area is 111 Å². The molecule has 0 aliphatic carbocycles. The molecule has 4 nitrogen and oxygen atoms in total. The van der Waals surface area contributed by atoms with Crippen LogP contribution in [0.4, 0.5) is 5.69 Å². The first-order valence-corrected chi connectivity index (χ1v) is 6.48. The van der Waals surface area contributed by atoms with Crippen molar-refractivity contribution in [1.29, 1.82) is 0 Å². The summed E-state index contributed by atoms with van der Waals surface area (Å²) >= 11 is 0. The van der Waals surface area contributed by atoms with E-state index < -0.39 is 0 Å². The van der Waals surface area contributed by atoms with Gasteiger partial charge in [-0.3, -0.25) is 4.68 Å². The molecule has 0 aromatic carbocycles. The summed E-state index contributed by atoms with van der Waals surface area (Å²) < 4.78 is 1.85. The first-order valence-electron chi connectivity index (χ1n) is 6.48. The Hall–Kier alpha value is -1.03. The molecule has 0 saturated heterocycles. The number of nitrogen functional groups attached to an aromatic ring is 1. The minimum absolute atomic E-state index is 0.0393. The van der Waals surface area contributed by atoms with Gasteiger partial charge in [0.1, 0.15) is 0 Å². The van der Waals surface area contributed by atoms with Crippen LogP contribution in [-0.2, 0) is 5.54 Å². The van der Waals surface area contributed by atoms with Crippen LogP contribution in [0.3, 0.4) is 0 Å². The van der Waals surface area contributed by atoms with Gasteiger partial charge in [0.2, 0.25) is 0 Å². The van der Waals surface area contributed by atoms with Gasteiger partial charge in [0.05, 0.1) is 17.4 Å². The standard InChI is InChI=1S/C7H13N3.C7H16O/c1-7(2,3)10-5-6(8)4-9-10;1-7(2,3)5-4-6-8/h4-5H,8H2,1-3H3;8H,4-6H2,1-3H3. The first kappa shape index (κ1) is 17.0. The Balaban J connectivity index is 0.000000331. The number of hydrogen-bond acceptors (Lipinski definition) is 3. The highest BCUT2D eigenvalue weighted by Crippen LogP contribution is 2.19. The molecule has 4 heteroatoms. The van der Waals surface area contributed by atoms with Crippen molar-refractivity contribution in [1.82, 2.24) is 9.78 Å². The third kappa shape index (κ3) is 8.12. The van der Waals surface area contributed by atoms with E-state index in [1.165, 1.54) is 0 Å². The lowest BCUT2D eigenvalue weighted by molar-refractivity contribution is 0.251. The van der Waals surface area contributed by atoms with Crippen molar-refractivity contribution in [3.63, 3.8) is 0 Å². The van der Waals surface area contributed by atoms with Crippen LogP contribution in [0.25, 0.3) is 0 Å². The van der Waals surface area contributed by atoms with Crippen LogP contribution in [0.1, 0.15) is 54.4 Å². The van der Waals surface area contributed by atoms with Crippen molar-refractivity contribution in [2.75, 3.05) is 12.3 Å². The van der Waals surface area contributed by atoms with Crippen LogP contribution < -0.4 is 5.73 Å². The molecule has 0 aliphatic rings. The molecule has 3 N–H and O–H groups in total. The number of hydrogen-bond donors (Lipinski definition) is 2. The smallest absolute Gasteiger partial charge is 0.0720 e. The molecule has 1 aromatic rings. The average Bonchev–Trinajstić information content (AvgIpc) is 2.61. The molecule has 18 heavy (non-hydrogen) atoms. The minimum atomic E-state index is 0.0393. The molecule has 106 valence electrons. The minimum Gasteiger partial charge on any atom is -0.396 e. The fourth-order valence-electron chi connectivity index (χ4n) is 1.31. The molecular formula is C14H29N3O. The molecule has 0 unspecified atom stereocenters. The number of aromatic nitrogens is 2. The Morgan fingerprint density at radius 1 is 1.22 bits per heavy atom. The highest BCUT2D eigenvalue weighted by Gasteiger charge is 2.12. The van der Waals surface area contributed by atoms with Gasteiger partial charge in [0.15, 0.2) is 0 Å². The van der Waals surface area contributed by atoms with E-state index in [-0.39, 0.29) is 5.54 Å². The number of anilines is 1. The predicted octanol–water partition coefficient (Wildman–Crippen LogP) is 3.03. The Morgan fingerprint density at radius 3 is 1.94 bits per heavy atom. The summed E-state index contributed by atoms with van der Waals surface area (Å²) in [6.45, 7) is 13.1. The fraction of sp³-hybridized carbons (Fsp3) is 0.786. The third-order valence-corrected chi connectivity index (χ3v) is 2.37. The van der Waals surface area contributed by atoms with Gasteiger partial charge in [-0.15, -0.1) is 0 Å². The van der Waals surface area contributed by atoms with Gasteiger partial charge >= 0.3 is 0 Å². The molecule has 0 aliphatic heterocycles. The zero-order valence-electron chi connectivity index (χ0n) is 12.7. The van der Waals surface area contributed by atoms with E-state index >= 15 is 0 Å². The molecular weight excluding hydrogens is 226 g/mol. The van der Waals surface area contributed by atoms with Crippen LogP contribution in [0, 0.1) is 5.41 Å². The second kappa shape index (κ2) is 6.78. The Morgan fingerprint density at radius 2 is 1.78 bits per heavy atom. The molecule has 0 bridgehead atoms. The summed E-state index contributed by atoms with van der Waals surface area (Å²) in [6, 6.07) is 0. The lowest BCUT2D eigenvalue weighted by Crippen LogP contribution is -2.21. The summed E-state index contributed by atoms with van der Waals surface area (Å²) in [5.74, 6) is 0. The van der Waals surface area contributed by atoms with E-state index in [0.717, 1.165) is 18.5 Å². The molecule has 0 atom stereocenters. The van der Waals surface area contributed by atoms with Gasteiger partial charge in [-0.1, -0.05) is 20.8 Å². The van der Waals surface area contributed by atoms with E-state index in [4.69, 9.17) is 10.8 Å². The molecule has 0 amide bonds. The van der Waals surface area contributed by atoms with Crippen molar-refractivity contribution >= 4 is 5.69 Å². The zero-order chi connectivity index (χ0) is 14.4. The van der Waals surface area contributed by atoms with Crippen molar-refractivity contribution in [3.8, 4) is 0 Å². The maximum atomic E-state index is 8.43. The molecule has 1 aromatic heterocycles. The highest BCUT2D eigenvalue weighted by atomic mass is 16.2. The van der Waals surface area contributed by atoms with Crippen molar-refractivity contribution in [3.05, 3.63) is 12.4 Å². The number of aliphatic hydroxyl groups is 1. The second-order valence-electron chi connectivity index (χ2n) is 6.78. The molecule has 0 saturated carbocycles. The van der Waals surface area contributed by atoms with E-state index in [0.29, 0.717) is 12.0 Å². The van der Waals surface area contributed by atoms with E-state index in [1.54, 1.807) is 6.20 Å². The second-order valence-corrected chi connectivity index (χ2v) is 6.78. The lowest BCUT2D eigenvalue weighted by Gasteiger charge is -2.18. The summed E-state index contributed by atoms with van der Waals surface area (Å²) in [4.78, 5) is 0. The predicted molar refractivity (Wildman–Crippen MR) is 77.4 cm³/mol. The van der Waals surface area contributed by atoms with Crippen LogP contribution in [0.15, 0.2) is 12.4 Å². The average molecular weight is 255 g/mol. The van der Waals surface area contributed by atoms with Gasteiger partial charge in [-0.25, -0.2) is 0 Å². The van der Waals surface area contributed by atoms with Crippen LogP contribution in [0.5, 0.6) is 0 Å². The SMILES string of the molecule is CC(C)(C)CCCO.CC(C)(C)n1cc(N)cn1. The molecule has 0 radical (unpaired) electrons. The van der Waals surface area contributed by atoms with Gasteiger partial charge < -0.3 is 10.8 Å². The summed E-state index contributed by atoms with van der Waals surface area (Å²) in [5.41, 5.74) is 6.64. The normalized spacial score (nSPS) is 11.9. The topological polar surface area (TPSA) is 64.1 Å². The van der Waals surface area contributed by atoms with Crippen molar-refractivity contribution in [2.24, 2.45) is 5.41 Å². The zero-order valence-corrected chi connectivity index (χ0v) is 12.7. The monoisotopic (exact) mass is 255 g/mol. The van der Waals surface area contributed by atoms with E-state index in [2.05, 4.69) is 46.6 Å². The highest BCUT2D eigenvalue weighted by molar-refractivity contribution is 5.30. The van der Waals surface area contributed by atoms with Gasteiger partial charge in [-0.2, -0.15) is 5.10 Å². The number of rotatable bonds is 2. The third-order valence-electron chi connectivity index (χ3n) is 2.37. The van der Waals surface area contributed by atoms with E-state index in [9.17, 15) is 0 Å². The van der Waals surface area contributed by atoms with Gasteiger partial charge in [-0.05, 0) is 39.0 Å². The van der Waals surface area contributed by atoms with Crippen LogP contribution in [0.2, 0.25) is 0 Å². The lowest BCUT2D eigenvalue weighted by atomic mass is 9.91. The maximum absolute atomic E-state index is 8.43. The van der Waals surface area contributed by atoms with Crippen LogP contribution in [-0.4, -0.2) is 21.5 Å². The molecule has 1 rings (SSSR count). The molecule has 1 heterocycles. The largest absolute Gasteiger partial charge is 0.396 e. The van der Waals surface area contributed by atoms with Gasteiger partial charge in [0.25, 0.3) is 0 Å². The van der Waals surface area contributed by atoms with Crippen molar-refractivity contribution < 1.29 is 5.11 Å². The number of nitrogens with two attached hydrogens (primary N) is 1. The quantitative estimate of drug-likeness (QED) is 0.853. The summed E-state index contributed by atoms with van der Waals surface area (Å²) in [7, 11) is 0. The van der Waals surface area contributed by atoms with Gasteiger partial charge in [0, 0.05) is 12.8 Å². The molecule has 0 spiro atoms. The van der Waals surface area contributed by atoms with Crippen molar-refractivity contribution in [2.45, 2.75) is 59.9 Å². The fourth-order valence-corrected chi connectivity index (χ4v) is 1.31. The number of nitrogens with zero attached hydrogens (tertiary/aromatic N) is 2. The first-order chi connectivity index (χ1) is 8.06. The van der Waals surface area contributed by atoms with E-state index in [1.807, 2.05) is 10.9 Å². The summed E-state index contributed by atoms with van der Waals surface area (Å²) in [5, 5.41) is 12.5. The maximum Gasteiger partial charge on any atom is 0.0720 e.